The quantitative estimate of drug-likeness (QED) is 0.449. The minimum atomic E-state index is -0.106. The molecule has 0 N–H and O–H groups in total. The van der Waals surface area contributed by atoms with E-state index in [-0.39, 0.29) is 17.9 Å². The molecule has 32 heavy (non-hydrogen) atoms. The molecule has 3 aliphatic rings. The molecule has 0 radical (unpaired) electrons. The molecule has 1 saturated carbocycles. The van der Waals surface area contributed by atoms with Gasteiger partial charge in [-0.3, -0.25) is 14.5 Å². The number of carbonyl (C=O) groups is 2. The van der Waals surface area contributed by atoms with Crippen LogP contribution in [0, 0.1) is 11.8 Å². The summed E-state index contributed by atoms with van der Waals surface area (Å²) in [5.74, 6) is 1.59. The lowest BCUT2D eigenvalue weighted by Crippen LogP contribution is -2.43. The van der Waals surface area contributed by atoms with Gasteiger partial charge in [0.25, 0.3) is 11.8 Å². The summed E-state index contributed by atoms with van der Waals surface area (Å²) in [5.41, 5.74) is 2.04. The fourth-order valence-electron chi connectivity index (χ4n) is 5.31. The van der Waals surface area contributed by atoms with Crippen molar-refractivity contribution in [2.75, 3.05) is 19.7 Å². The van der Waals surface area contributed by atoms with Crippen LogP contribution in [0.15, 0.2) is 30.0 Å². The molecule has 2 aliphatic heterocycles. The number of amides is 2. The number of rotatable bonds is 6. The number of likely N-dealkylation sites (tertiary alicyclic amines) is 1. The van der Waals surface area contributed by atoms with Crippen LogP contribution >= 0.6 is 0 Å². The Morgan fingerprint density at radius 2 is 1.62 bits per heavy atom. The molecule has 2 fully saturated rings. The van der Waals surface area contributed by atoms with E-state index in [1.165, 1.54) is 19.3 Å². The zero-order valence-electron chi connectivity index (χ0n) is 19.9. The largest absolute Gasteiger partial charge is 0.493 e. The Kier molecular flexibility index (Phi) is 7.22. The molecule has 1 saturated heterocycles. The predicted octanol–water partition coefficient (Wildman–Crippen LogP) is 5.26. The van der Waals surface area contributed by atoms with Gasteiger partial charge in [0.15, 0.2) is 0 Å². The molecule has 0 bridgehead atoms. The van der Waals surface area contributed by atoms with Crippen LogP contribution in [0.5, 0.6) is 5.75 Å². The summed E-state index contributed by atoms with van der Waals surface area (Å²) in [7, 11) is 0. The summed E-state index contributed by atoms with van der Waals surface area (Å²) in [6.07, 6.45) is 8.67. The lowest BCUT2D eigenvalue weighted by molar-refractivity contribution is -0.140. The zero-order chi connectivity index (χ0) is 22.7. The van der Waals surface area contributed by atoms with E-state index in [0.29, 0.717) is 29.7 Å². The fourth-order valence-corrected chi connectivity index (χ4v) is 5.31. The average Bonchev–Trinajstić information content (AvgIpc) is 2.93. The van der Waals surface area contributed by atoms with E-state index >= 15 is 0 Å². The Balaban J connectivity index is 1.67. The molecule has 174 valence electrons. The van der Waals surface area contributed by atoms with Crippen LogP contribution < -0.4 is 4.74 Å². The summed E-state index contributed by atoms with van der Waals surface area (Å²) in [4.78, 5) is 31.3. The SMILES string of the molecule is CC(C)COc1ccc(C2=C(N3CCCC(C)C3)C(=O)N(C3CCCCCC3)C2=O)cc1. The van der Waals surface area contributed by atoms with Gasteiger partial charge >= 0.3 is 0 Å². The van der Waals surface area contributed by atoms with Crippen LogP contribution in [0.2, 0.25) is 0 Å². The molecule has 5 heteroatoms. The number of piperidine rings is 1. The van der Waals surface area contributed by atoms with Crippen LogP contribution in [0.1, 0.15) is 77.7 Å². The van der Waals surface area contributed by atoms with Crippen LogP contribution in [0.4, 0.5) is 0 Å². The van der Waals surface area contributed by atoms with Gasteiger partial charge in [0.1, 0.15) is 11.4 Å². The molecule has 0 spiro atoms. The first-order valence-electron chi connectivity index (χ1n) is 12.6. The molecule has 5 nitrogen and oxygen atoms in total. The third kappa shape index (κ3) is 4.87. The smallest absolute Gasteiger partial charge is 0.278 e. The van der Waals surface area contributed by atoms with Gasteiger partial charge in [-0.1, -0.05) is 58.6 Å². The van der Waals surface area contributed by atoms with Gasteiger partial charge < -0.3 is 9.64 Å². The summed E-state index contributed by atoms with van der Waals surface area (Å²) < 4.78 is 5.83. The molecule has 1 unspecified atom stereocenters. The Bertz CT molecular complexity index is 850. The van der Waals surface area contributed by atoms with E-state index < -0.39 is 0 Å². The Hall–Kier alpha value is -2.30. The van der Waals surface area contributed by atoms with Crippen LogP contribution in [-0.2, 0) is 9.59 Å². The molecule has 1 aliphatic carbocycles. The van der Waals surface area contributed by atoms with Crippen molar-refractivity contribution in [3.05, 3.63) is 35.5 Å². The Morgan fingerprint density at radius 1 is 0.938 bits per heavy atom. The first kappa shape index (κ1) is 22.9. The van der Waals surface area contributed by atoms with Crippen molar-refractivity contribution in [1.82, 2.24) is 9.80 Å². The first-order valence-corrected chi connectivity index (χ1v) is 12.6. The highest BCUT2D eigenvalue weighted by Crippen LogP contribution is 2.37. The zero-order valence-corrected chi connectivity index (χ0v) is 19.9. The number of hydrogen-bond acceptors (Lipinski definition) is 4. The van der Waals surface area contributed by atoms with Crippen molar-refractivity contribution in [3.63, 3.8) is 0 Å². The normalized spacial score (nSPS) is 23.3. The van der Waals surface area contributed by atoms with Crippen molar-refractivity contribution in [2.24, 2.45) is 11.8 Å². The second-order valence-electron chi connectivity index (χ2n) is 10.3. The van der Waals surface area contributed by atoms with Gasteiger partial charge in [-0.15, -0.1) is 0 Å². The predicted molar refractivity (Wildman–Crippen MR) is 127 cm³/mol. The molecule has 2 amide bonds. The lowest BCUT2D eigenvalue weighted by atomic mass is 9.97. The molecular formula is C27H38N2O3. The molecule has 2 heterocycles. The number of ether oxygens (including phenoxy) is 1. The van der Waals surface area contributed by atoms with Crippen molar-refractivity contribution in [2.45, 2.75) is 78.2 Å². The fraction of sp³-hybridized carbons (Fsp3) is 0.630. The van der Waals surface area contributed by atoms with Crippen LogP contribution in [0.3, 0.4) is 0 Å². The maximum Gasteiger partial charge on any atom is 0.278 e. The highest BCUT2D eigenvalue weighted by molar-refractivity contribution is 6.35. The molecule has 4 rings (SSSR count). The van der Waals surface area contributed by atoms with E-state index in [0.717, 1.165) is 56.5 Å². The Labute approximate surface area is 192 Å². The summed E-state index contributed by atoms with van der Waals surface area (Å²) >= 11 is 0. The first-order chi connectivity index (χ1) is 15.5. The van der Waals surface area contributed by atoms with E-state index in [4.69, 9.17) is 4.74 Å². The minimum Gasteiger partial charge on any atom is -0.493 e. The summed E-state index contributed by atoms with van der Waals surface area (Å²) in [6, 6.07) is 7.77. The number of carbonyl (C=O) groups excluding carboxylic acids is 2. The highest BCUT2D eigenvalue weighted by Gasteiger charge is 2.45. The van der Waals surface area contributed by atoms with Crippen molar-refractivity contribution in [3.8, 4) is 5.75 Å². The second-order valence-corrected chi connectivity index (χ2v) is 10.3. The topological polar surface area (TPSA) is 49.9 Å². The van der Waals surface area contributed by atoms with Crippen LogP contribution in [-0.4, -0.2) is 47.4 Å². The maximum atomic E-state index is 13.8. The molecule has 1 aromatic rings. The van der Waals surface area contributed by atoms with E-state index in [9.17, 15) is 9.59 Å². The van der Waals surface area contributed by atoms with E-state index in [1.807, 2.05) is 24.3 Å². The molecule has 0 aromatic heterocycles. The molecule has 1 atom stereocenters. The van der Waals surface area contributed by atoms with Gasteiger partial charge in [0.05, 0.1) is 12.2 Å². The number of imide groups is 1. The van der Waals surface area contributed by atoms with Gasteiger partial charge in [0, 0.05) is 19.1 Å². The van der Waals surface area contributed by atoms with Crippen molar-refractivity contribution >= 4 is 17.4 Å². The third-order valence-electron chi connectivity index (χ3n) is 6.98. The Morgan fingerprint density at radius 3 is 2.25 bits per heavy atom. The van der Waals surface area contributed by atoms with Crippen molar-refractivity contribution < 1.29 is 14.3 Å². The van der Waals surface area contributed by atoms with Crippen molar-refractivity contribution in [1.29, 1.82) is 0 Å². The second kappa shape index (κ2) is 10.1. The number of nitrogens with zero attached hydrogens (tertiary/aromatic N) is 2. The van der Waals surface area contributed by atoms with Gasteiger partial charge in [-0.2, -0.15) is 0 Å². The summed E-state index contributed by atoms with van der Waals surface area (Å²) in [5, 5.41) is 0. The lowest BCUT2D eigenvalue weighted by Gasteiger charge is -2.34. The van der Waals surface area contributed by atoms with Gasteiger partial charge in [-0.05, 0) is 55.2 Å². The minimum absolute atomic E-state index is 0.0286. The average molecular weight is 439 g/mol. The van der Waals surface area contributed by atoms with E-state index in [2.05, 4.69) is 25.7 Å². The third-order valence-corrected chi connectivity index (χ3v) is 6.98. The monoisotopic (exact) mass is 438 g/mol. The van der Waals surface area contributed by atoms with E-state index in [1.54, 1.807) is 4.90 Å². The number of hydrogen-bond donors (Lipinski definition) is 0. The highest BCUT2D eigenvalue weighted by atomic mass is 16.5. The van der Waals surface area contributed by atoms with Gasteiger partial charge in [0.2, 0.25) is 0 Å². The molecule has 1 aromatic carbocycles. The maximum absolute atomic E-state index is 13.8. The summed E-state index contributed by atoms with van der Waals surface area (Å²) in [6.45, 7) is 8.82. The van der Waals surface area contributed by atoms with Gasteiger partial charge in [-0.25, -0.2) is 0 Å². The van der Waals surface area contributed by atoms with Crippen LogP contribution in [0.25, 0.3) is 5.57 Å². The molecular weight excluding hydrogens is 400 g/mol. The number of benzene rings is 1. The standard InChI is InChI=1S/C27H38N2O3/c1-19(2)18-32-23-14-12-21(13-15-23)24-25(28-16-8-9-20(3)17-28)27(31)29(26(24)30)22-10-6-4-5-7-11-22/h12-15,19-20,22H,4-11,16-18H2,1-3H3.